The molecule has 0 heterocycles. The molecule has 1 aromatic rings. The third kappa shape index (κ3) is 4.65. The van der Waals surface area contributed by atoms with Crippen LogP contribution >= 0.6 is 0 Å². The maximum Gasteiger partial charge on any atom is 0.116 e. The Labute approximate surface area is 65.4 Å². The first-order chi connectivity index (χ1) is 5.35. The molecule has 0 atom stereocenters. The van der Waals surface area contributed by atoms with Gasteiger partial charge in [-0.1, -0.05) is 18.2 Å². The van der Waals surface area contributed by atoms with Crippen LogP contribution in [0.3, 0.4) is 0 Å². The van der Waals surface area contributed by atoms with Gasteiger partial charge in [0.05, 0.1) is 11.6 Å². The zero-order valence-electron chi connectivity index (χ0n) is 5.95. The Balaban J connectivity index is 0.000000292. The Hall–Kier alpha value is -1.84. The minimum absolute atomic E-state index is 0.715. The lowest BCUT2D eigenvalue weighted by atomic mass is 10.2. The molecular weight excluding hydrogens is 138 g/mol. The van der Waals surface area contributed by atoms with Crippen LogP contribution in [0.1, 0.15) is 5.56 Å². The third-order valence-electron chi connectivity index (χ3n) is 0.903. The van der Waals surface area contributed by atoms with Crippen molar-refractivity contribution in [2.45, 2.75) is 0 Å². The minimum atomic E-state index is 0.715. The van der Waals surface area contributed by atoms with Crippen molar-refractivity contribution in [3.63, 3.8) is 0 Å². The Morgan fingerprint density at radius 1 is 1.27 bits per heavy atom. The Bertz CT molecular complexity index is 265. The first kappa shape index (κ1) is 9.16. The van der Waals surface area contributed by atoms with Gasteiger partial charge in [0.1, 0.15) is 5.94 Å². The van der Waals surface area contributed by atoms with Crippen molar-refractivity contribution in [1.82, 2.24) is 0 Å². The van der Waals surface area contributed by atoms with Gasteiger partial charge in [-0.25, -0.2) is 4.79 Å². The number of nitrogens with zero attached hydrogens (tertiary/aromatic N) is 1. The molecule has 2 nitrogen and oxygen atoms in total. The fourth-order valence-electron chi connectivity index (χ4n) is 0.513. The normalized spacial score (nSPS) is 6.45. The van der Waals surface area contributed by atoms with Crippen LogP contribution in [0.4, 0.5) is 0 Å². The molecule has 0 N–H and O–H groups in total. The minimum Gasteiger partial charge on any atom is -0.234 e. The predicted octanol–water partition coefficient (Wildman–Crippen LogP) is 1.56. The van der Waals surface area contributed by atoms with E-state index in [1.165, 1.54) is 5.94 Å². The second kappa shape index (κ2) is 6.28. The fraction of sp³-hybridized carbons (Fsp3) is 0. The summed E-state index contributed by atoms with van der Waals surface area (Å²) in [7, 11) is 0. The van der Waals surface area contributed by atoms with Gasteiger partial charge in [0.25, 0.3) is 0 Å². The van der Waals surface area contributed by atoms with E-state index in [1.807, 2.05) is 24.3 Å². The molecule has 0 saturated carbocycles. The smallest absolute Gasteiger partial charge is 0.116 e. The van der Waals surface area contributed by atoms with Crippen LogP contribution in [0.2, 0.25) is 0 Å². The van der Waals surface area contributed by atoms with Crippen LogP contribution in [-0.4, -0.2) is 5.94 Å². The van der Waals surface area contributed by atoms with Gasteiger partial charge in [-0.3, -0.25) is 0 Å². The van der Waals surface area contributed by atoms with Gasteiger partial charge in [0.15, 0.2) is 0 Å². The molecule has 2 heteroatoms. The molecular formula is C9H7NO. The van der Waals surface area contributed by atoms with Crippen LogP contribution in [0.25, 0.3) is 0 Å². The molecule has 0 spiro atoms. The molecule has 0 bridgehead atoms. The topological polar surface area (TPSA) is 40.9 Å². The zero-order valence-corrected chi connectivity index (χ0v) is 5.95. The highest BCUT2D eigenvalue weighted by atomic mass is 16.1. The second-order valence-corrected chi connectivity index (χ2v) is 1.62. The van der Waals surface area contributed by atoms with Crippen molar-refractivity contribution in [2.75, 3.05) is 0 Å². The van der Waals surface area contributed by atoms with E-state index in [-0.39, 0.29) is 0 Å². The quantitative estimate of drug-likeness (QED) is 0.520. The summed E-state index contributed by atoms with van der Waals surface area (Å²) in [4.78, 5) is 8.57. The van der Waals surface area contributed by atoms with E-state index in [9.17, 15) is 0 Å². The summed E-state index contributed by atoms with van der Waals surface area (Å²) < 4.78 is 0. The highest BCUT2D eigenvalue weighted by Crippen LogP contribution is 1.92. The highest BCUT2D eigenvalue weighted by molar-refractivity contribution is 5.38. The van der Waals surface area contributed by atoms with Crippen molar-refractivity contribution in [2.24, 2.45) is 0 Å². The molecule has 0 unspecified atom stereocenters. The maximum atomic E-state index is 8.57. The summed E-state index contributed by atoms with van der Waals surface area (Å²) >= 11 is 0. The number of carbonyl (C=O) groups excluding carboxylic acids is 1. The standard InChI is InChI=1S/C7H5N.C2H2O/c8-6-7-4-2-1-3-5-7;1-2-3/h1-5H;1H2. The van der Waals surface area contributed by atoms with Gasteiger partial charge in [-0.15, -0.1) is 0 Å². The number of hydrogen-bond donors (Lipinski definition) is 0. The summed E-state index contributed by atoms with van der Waals surface area (Å²) in [5.74, 6) is 1.25. The molecule has 0 fully saturated rings. The van der Waals surface area contributed by atoms with Gasteiger partial charge in [0.2, 0.25) is 0 Å². The average molecular weight is 145 g/mol. The Morgan fingerprint density at radius 2 is 1.73 bits per heavy atom. The first-order valence-electron chi connectivity index (χ1n) is 2.94. The summed E-state index contributed by atoms with van der Waals surface area (Å²) in [6.07, 6.45) is 0. The summed E-state index contributed by atoms with van der Waals surface area (Å²) in [5, 5.41) is 8.29. The zero-order chi connectivity index (χ0) is 8.53. The molecule has 0 aromatic heterocycles. The lowest BCUT2D eigenvalue weighted by Crippen LogP contribution is -1.66. The highest BCUT2D eigenvalue weighted by Gasteiger charge is 1.79. The second-order valence-electron chi connectivity index (χ2n) is 1.62. The molecule has 11 heavy (non-hydrogen) atoms. The molecule has 0 aliphatic carbocycles. The Kier molecular flexibility index (Phi) is 5.23. The van der Waals surface area contributed by atoms with Crippen LogP contribution < -0.4 is 0 Å². The van der Waals surface area contributed by atoms with E-state index >= 15 is 0 Å². The van der Waals surface area contributed by atoms with E-state index in [4.69, 9.17) is 10.1 Å². The van der Waals surface area contributed by atoms with Crippen molar-refractivity contribution < 1.29 is 4.79 Å². The number of benzene rings is 1. The molecule has 0 aliphatic heterocycles. The van der Waals surface area contributed by atoms with Crippen molar-refractivity contribution in [1.29, 1.82) is 5.26 Å². The maximum absolute atomic E-state index is 8.57. The molecule has 0 aliphatic rings. The molecule has 0 saturated heterocycles. The first-order valence-corrected chi connectivity index (χ1v) is 2.94. The lowest BCUT2D eigenvalue weighted by Gasteiger charge is -1.80. The number of hydrogen-bond acceptors (Lipinski definition) is 2. The van der Waals surface area contributed by atoms with Crippen LogP contribution in [0.15, 0.2) is 36.9 Å². The fourth-order valence-corrected chi connectivity index (χ4v) is 0.513. The molecule has 0 amide bonds. The monoisotopic (exact) mass is 145 g/mol. The van der Waals surface area contributed by atoms with Crippen molar-refractivity contribution in [3.05, 3.63) is 42.5 Å². The van der Waals surface area contributed by atoms with E-state index < -0.39 is 0 Å². The van der Waals surface area contributed by atoms with Crippen molar-refractivity contribution >= 4 is 5.94 Å². The molecule has 0 radical (unpaired) electrons. The SMILES string of the molecule is C=C=O.N#Cc1ccccc1. The van der Waals surface area contributed by atoms with E-state index in [0.29, 0.717) is 5.56 Å². The third-order valence-corrected chi connectivity index (χ3v) is 0.903. The van der Waals surface area contributed by atoms with Crippen LogP contribution in [-0.2, 0) is 4.79 Å². The molecule has 54 valence electrons. The number of rotatable bonds is 0. The summed E-state index contributed by atoms with van der Waals surface area (Å²) in [6.45, 7) is 2.68. The van der Waals surface area contributed by atoms with E-state index in [1.54, 1.807) is 12.1 Å². The van der Waals surface area contributed by atoms with Gasteiger partial charge in [-0.2, -0.15) is 5.26 Å². The summed E-state index contributed by atoms with van der Waals surface area (Å²) in [5.41, 5.74) is 0.715. The van der Waals surface area contributed by atoms with Crippen LogP contribution in [0.5, 0.6) is 0 Å². The largest absolute Gasteiger partial charge is 0.234 e. The van der Waals surface area contributed by atoms with Gasteiger partial charge in [0, 0.05) is 0 Å². The molecule has 1 rings (SSSR count). The predicted molar refractivity (Wildman–Crippen MR) is 42.5 cm³/mol. The van der Waals surface area contributed by atoms with E-state index in [0.717, 1.165) is 0 Å². The number of nitriles is 1. The molecule has 1 aromatic carbocycles. The van der Waals surface area contributed by atoms with E-state index in [2.05, 4.69) is 6.58 Å². The average Bonchev–Trinajstić information content (AvgIpc) is 2.08. The lowest BCUT2D eigenvalue weighted by molar-refractivity contribution is 0.569. The summed E-state index contributed by atoms with van der Waals surface area (Å²) in [6, 6.07) is 11.2. The van der Waals surface area contributed by atoms with Gasteiger partial charge >= 0.3 is 0 Å². The van der Waals surface area contributed by atoms with Crippen molar-refractivity contribution in [3.8, 4) is 6.07 Å². The van der Waals surface area contributed by atoms with Gasteiger partial charge in [-0.05, 0) is 18.7 Å². The Morgan fingerprint density at radius 3 is 2.00 bits per heavy atom. The van der Waals surface area contributed by atoms with Crippen LogP contribution in [0, 0.1) is 11.3 Å². The van der Waals surface area contributed by atoms with Gasteiger partial charge < -0.3 is 0 Å².